The third-order valence-corrected chi connectivity index (χ3v) is 2.85. The van der Waals surface area contributed by atoms with Crippen molar-refractivity contribution in [1.82, 2.24) is 5.32 Å². The van der Waals surface area contributed by atoms with Gasteiger partial charge in [-0.05, 0) is 31.5 Å². The van der Waals surface area contributed by atoms with Crippen LogP contribution in [-0.2, 0) is 4.79 Å². The van der Waals surface area contributed by atoms with Crippen LogP contribution in [-0.4, -0.2) is 22.7 Å². The second-order valence-corrected chi connectivity index (χ2v) is 5.28. The number of nitrogens with two attached hydrogens (primary N) is 1. The summed E-state index contributed by atoms with van der Waals surface area (Å²) < 4.78 is 0. The summed E-state index contributed by atoms with van der Waals surface area (Å²) in [6.07, 6.45) is 0. The highest BCUT2D eigenvalue weighted by Crippen LogP contribution is 2.19. The Bertz CT molecular complexity index is 529. The van der Waals surface area contributed by atoms with E-state index in [4.69, 9.17) is 5.73 Å². The second kappa shape index (κ2) is 6.33. The molecule has 102 valence electrons. The zero-order valence-electron chi connectivity index (χ0n) is 10.5. The summed E-state index contributed by atoms with van der Waals surface area (Å²) in [5.74, 6) is -0.830. The standard InChI is InChI=1S/C12H14BrN3O3/c1-6-8(11(18)16-12(14)19)4-3-5-9(6)15-10(17)7(2)13/h3-5,7H,1-2H3,(H,15,17)(H3,14,16,18,19)/t7-/m1/s1. The van der Waals surface area contributed by atoms with Crippen LogP contribution in [0.5, 0.6) is 0 Å². The third-order valence-electron chi connectivity index (χ3n) is 2.43. The predicted molar refractivity (Wildman–Crippen MR) is 75.2 cm³/mol. The van der Waals surface area contributed by atoms with Crippen LogP contribution < -0.4 is 16.4 Å². The number of hydrogen-bond acceptors (Lipinski definition) is 3. The maximum Gasteiger partial charge on any atom is 0.319 e. The SMILES string of the molecule is Cc1c(NC(=O)[C@@H](C)Br)cccc1C(=O)NC(N)=O. The van der Waals surface area contributed by atoms with E-state index in [2.05, 4.69) is 21.2 Å². The number of rotatable bonds is 3. The van der Waals surface area contributed by atoms with E-state index in [0.29, 0.717) is 11.3 Å². The van der Waals surface area contributed by atoms with Crippen LogP contribution in [0, 0.1) is 6.92 Å². The van der Waals surface area contributed by atoms with Crippen LogP contribution in [0.1, 0.15) is 22.8 Å². The Morgan fingerprint density at radius 1 is 1.32 bits per heavy atom. The van der Waals surface area contributed by atoms with Crippen molar-refractivity contribution in [3.05, 3.63) is 29.3 Å². The molecule has 1 aromatic rings. The van der Waals surface area contributed by atoms with Gasteiger partial charge in [0.2, 0.25) is 5.91 Å². The Labute approximate surface area is 118 Å². The average molecular weight is 328 g/mol. The molecule has 0 aliphatic rings. The first-order valence-electron chi connectivity index (χ1n) is 5.48. The molecule has 4 N–H and O–H groups in total. The topological polar surface area (TPSA) is 101 Å². The van der Waals surface area contributed by atoms with E-state index in [1.807, 2.05) is 5.32 Å². The zero-order chi connectivity index (χ0) is 14.6. The first kappa shape index (κ1) is 15.2. The second-order valence-electron chi connectivity index (χ2n) is 3.90. The van der Waals surface area contributed by atoms with Crippen molar-refractivity contribution in [3.8, 4) is 0 Å². The highest BCUT2D eigenvalue weighted by atomic mass is 79.9. The van der Waals surface area contributed by atoms with Crippen LogP contribution in [0.25, 0.3) is 0 Å². The molecule has 0 aromatic heterocycles. The molecule has 1 aromatic carbocycles. The monoisotopic (exact) mass is 327 g/mol. The molecule has 1 atom stereocenters. The molecule has 0 aliphatic heterocycles. The van der Waals surface area contributed by atoms with Gasteiger partial charge in [-0.1, -0.05) is 22.0 Å². The van der Waals surface area contributed by atoms with E-state index in [1.54, 1.807) is 32.0 Å². The summed E-state index contributed by atoms with van der Waals surface area (Å²) in [6, 6.07) is 3.90. The van der Waals surface area contributed by atoms with E-state index in [1.165, 1.54) is 0 Å². The first-order valence-corrected chi connectivity index (χ1v) is 6.39. The maximum absolute atomic E-state index is 11.7. The number of nitrogens with one attached hydrogen (secondary N) is 2. The van der Waals surface area contributed by atoms with Crippen molar-refractivity contribution in [2.24, 2.45) is 5.73 Å². The molecular formula is C12H14BrN3O3. The molecule has 0 aliphatic carbocycles. The molecule has 0 heterocycles. The number of carbonyl (C=O) groups is 3. The van der Waals surface area contributed by atoms with Crippen LogP contribution >= 0.6 is 15.9 Å². The lowest BCUT2D eigenvalue weighted by molar-refractivity contribution is -0.115. The van der Waals surface area contributed by atoms with Crippen molar-refractivity contribution in [2.75, 3.05) is 5.32 Å². The Kier molecular flexibility index (Phi) is 5.05. The van der Waals surface area contributed by atoms with Crippen molar-refractivity contribution in [2.45, 2.75) is 18.7 Å². The molecule has 0 spiro atoms. The summed E-state index contributed by atoms with van der Waals surface area (Å²) in [6.45, 7) is 3.36. The number of imide groups is 1. The number of alkyl halides is 1. The molecule has 0 saturated carbocycles. The van der Waals surface area contributed by atoms with Crippen molar-refractivity contribution < 1.29 is 14.4 Å². The highest BCUT2D eigenvalue weighted by molar-refractivity contribution is 9.10. The van der Waals surface area contributed by atoms with Crippen LogP contribution in [0.4, 0.5) is 10.5 Å². The quantitative estimate of drug-likeness (QED) is 0.733. The van der Waals surface area contributed by atoms with E-state index in [-0.39, 0.29) is 16.3 Å². The van der Waals surface area contributed by atoms with Gasteiger partial charge >= 0.3 is 6.03 Å². The smallest absolute Gasteiger partial charge is 0.319 e. The van der Waals surface area contributed by atoms with Gasteiger partial charge < -0.3 is 11.1 Å². The third kappa shape index (κ3) is 4.06. The lowest BCUT2D eigenvalue weighted by Crippen LogP contribution is -2.35. The Morgan fingerprint density at radius 2 is 1.95 bits per heavy atom. The minimum atomic E-state index is -0.923. The van der Waals surface area contributed by atoms with Crippen LogP contribution in [0.2, 0.25) is 0 Å². The Morgan fingerprint density at radius 3 is 2.47 bits per heavy atom. The number of halogens is 1. The van der Waals surface area contributed by atoms with E-state index in [0.717, 1.165) is 0 Å². The fraction of sp³-hybridized carbons (Fsp3) is 0.250. The fourth-order valence-electron chi connectivity index (χ4n) is 1.43. The normalized spacial score (nSPS) is 11.5. The molecule has 0 bridgehead atoms. The molecule has 0 unspecified atom stereocenters. The van der Waals surface area contributed by atoms with Gasteiger partial charge in [-0.15, -0.1) is 0 Å². The van der Waals surface area contributed by atoms with Gasteiger partial charge in [0.25, 0.3) is 5.91 Å². The first-order chi connectivity index (χ1) is 8.82. The van der Waals surface area contributed by atoms with Crippen LogP contribution in [0.15, 0.2) is 18.2 Å². The van der Waals surface area contributed by atoms with Gasteiger partial charge in [0, 0.05) is 11.3 Å². The molecule has 4 amide bonds. The molecule has 19 heavy (non-hydrogen) atoms. The molecule has 0 fully saturated rings. The summed E-state index contributed by atoms with van der Waals surface area (Å²) >= 11 is 3.15. The van der Waals surface area contributed by atoms with E-state index >= 15 is 0 Å². The van der Waals surface area contributed by atoms with Crippen LogP contribution in [0.3, 0.4) is 0 Å². The molecule has 6 nitrogen and oxygen atoms in total. The summed E-state index contributed by atoms with van der Waals surface area (Å²) in [5.41, 5.74) is 6.24. The van der Waals surface area contributed by atoms with Gasteiger partial charge in [0.15, 0.2) is 0 Å². The maximum atomic E-state index is 11.7. The number of urea groups is 1. The molecule has 7 heteroatoms. The van der Waals surface area contributed by atoms with Crippen molar-refractivity contribution >= 4 is 39.5 Å². The molecule has 0 saturated heterocycles. The van der Waals surface area contributed by atoms with E-state index in [9.17, 15) is 14.4 Å². The Balaban J connectivity index is 3.01. The van der Waals surface area contributed by atoms with Crippen molar-refractivity contribution in [3.63, 3.8) is 0 Å². The number of hydrogen-bond donors (Lipinski definition) is 3. The molecule has 0 radical (unpaired) electrons. The zero-order valence-corrected chi connectivity index (χ0v) is 12.1. The number of benzene rings is 1. The minimum Gasteiger partial charge on any atom is -0.351 e. The van der Waals surface area contributed by atoms with Crippen molar-refractivity contribution in [1.29, 1.82) is 0 Å². The van der Waals surface area contributed by atoms with Gasteiger partial charge in [-0.25, -0.2) is 4.79 Å². The summed E-state index contributed by atoms with van der Waals surface area (Å²) in [5, 5.41) is 4.66. The largest absolute Gasteiger partial charge is 0.351 e. The predicted octanol–water partition coefficient (Wildman–Crippen LogP) is 1.53. The number of anilines is 1. The summed E-state index contributed by atoms with van der Waals surface area (Å²) in [4.78, 5) is 33.6. The van der Waals surface area contributed by atoms with Gasteiger partial charge in [-0.3, -0.25) is 14.9 Å². The summed E-state index contributed by atoms with van der Waals surface area (Å²) in [7, 11) is 0. The lowest BCUT2D eigenvalue weighted by atomic mass is 10.1. The van der Waals surface area contributed by atoms with Gasteiger partial charge in [0.05, 0.1) is 4.83 Å². The number of primary amides is 1. The molecular weight excluding hydrogens is 314 g/mol. The van der Waals surface area contributed by atoms with Gasteiger partial charge in [0.1, 0.15) is 0 Å². The highest BCUT2D eigenvalue weighted by Gasteiger charge is 2.15. The number of amides is 4. The number of carbonyl (C=O) groups excluding carboxylic acids is 3. The fourth-order valence-corrected chi connectivity index (χ4v) is 1.54. The van der Waals surface area contributed by atoms with E-state index < -0.39 is 11.9 Å². The Hall–Kier alpha value is -1.89. The lowest BCUT2D eigenvalue weighted by Gasteiger charge is -2.12. The average Bonchev–Trinajstić information content (AvgIpc) is 2.30. The minimum absolute atomic E-state index is 0.226. The molecule has 1 rings (SSSR count). The van der Waals surface area contributed by atoms with Gasteiger partial charge in [-0.2, -0.15) is 0 Å².